The fourth-order valence-electron chi connectivity index (χ4n) is 6.61. The summed E-state index contributed by atoms with van der Waals surface area (Å²) in [5, 5.41) is 0. The van der Waals surface area contributed by atoms with Gasteiger partial charge in [-0.2, -0.15) is 0 Å². The van der Waals surface area contributed by atoms with Gasteiger partial charge >= 0.3 is 0 Å². The molecule has 2 nitrogen and oxygen atoms in total. The predicted octanol–water partition coefficient (Wildman–Crippen LogP) is 13.4. The fraction of sp³-hybridized carbons (Fsp3) is 0.610. The van der Waals surface area contributed by atoms with E-state index in [4.69, 9.17) is 0 Å². The van der Waals surface area contributed by atoms with E-state index < -0.39 is 0 Å². The van der Waals surface area contributed by atoms with Crippen molar-refractivity contribution in [2.75, 3.05) is 0 Å². The SMILES string of the molecule is CCCCCCCCC1=C(c2cccc(CCCCCC)c2)[N+](=[N-])C(c2ccc(CCCCCCC)cc2)=C1CCCC.[Ni]. The molecule has 1 aliphatic heterocycles. The average Bonchev–Trinajstić information content (AvgIpc) is 3.30. The normalized spacial score (nSPS) is 13.2. The number of nitrogens with zero attached hydrogens (tertiary/aromatic N) is 2. The van der Waals surface area contributed by atoms with E-state index in [1.165, 1.54) is 124 Å². The molecule has 3 heteroatoms. The first-order chi connectivity index (χ1) is 21.1. The minimum atomic E-state index is 0. The Bertz CT molecular complexity index is 1160. The molecule has 0 unspecified atom stereocenters. The van der Waals surface area contributed by atoms with E-state index in [1.807, 2.05) is 0 Å². The molecular weight excluding hydrogens is 579 g/mol. The third kappa shape index (κ3) is 12.1. The Balaban J connectivity index is 0.00000675. The molecule has 0 radical (unpaired) electrons. The molecule has 0 bridgehead atoms. The Morgan fingerprint density at radius 2 is 0.909 bits per heavy atom. The third-order valence-corrected chi connectivity index (χ3v) is 9.24. The number of benzene rings is 2. The summed E-state index contributed by atoms with van der Waals surface area (Å²) in [7, 11) is 0. The summed E-state index contributed by atoms with van der Waals surface area (Å²) in [6.45, 7) is 9.12. The van der Waals surface area contributed by atoms with Gasteiger partial charge in [0, 0.05) is 38.8 Å². The third-order valence-electron chi connectivity index (χ3n) is 9.24. The fourth-order valence-corrected chi connectivity index (χ4v) is 6.61. The zero-order chi connectivity index (χ0) is 30.7. The number of hydrogen-bond donors (Lipinski definition) is 0. The van der Waals surface area contributed by atoms with Crippen molar-refractivity contribution in [3.63, 3.8) is 0 Å². The van der Waals surface area contributed by atoms with Crippen LogP contribution in [0, 0.1) is 0 Å². The van der Waals surface area contributed by atoms with E-state index in [0.717, 1.165) is 55.5 Å². The molecule has 0 aliphatic carbocycles. The van der Waals surface area contributed by atoms with Crippen molar-refractivity contribution in [2.45, 2.75) is 163 Å². The summed E-state index contributed by atoms with van der Waals surface area (Å²) in [6, 6.07) is 18.2. The van der Waals surface area contributed by atoms with Crippen molar-refractivity contribution in [3.8, 4) is 0 Å². The molecule has 2 aromatic rings. The van der Waals surface area contributed by atoms with Crippen LogP contribution in [0.5, 0.6) is 0 Å². The molecule has 0 aromatic heterocycles. The van der Waals surface area contributed by atoms with Crippen LogP contribution in [0.4, 0.5) is 0 Å². The Kier molecular flexibility index (Phi) is 19.5. The zero-order valence-corrected chi connectivity index (χ0v) is 29.7. The van der Waals surface area contributed by atoms with E-state index in [-0.39, 0.29) is 16.5 Å². The predicted molar refractivity (Wildman–Crippen MR) is 188 cm³/mol. The van der Waals surface area contributed by atoms with Crippen LogP contribution < -0.4 is 0 Å². The number of hydrogen-bond acceptors (Lipinski definition) is 0. The minimum absolute atomic E-state index is 0. The van der Waals surface area contributed by atoms with Gasteiger partial charge in [-0.3, -0.25) is 0 Å². The van der Waals surface area contributed by atoms with Gasteiger partial charge in [0.15, 0.2) is 0 Å². The van der Waals surface area contributed by atoms with Crippen molar-refractivity contribution in [1.82, 2.24) is 0 Å². The van der Waals surface area contributed by atoms with Crippen LogP contribution >= 0.6 is 0 Å². The van der Waals surface area contributed by atoms with E-state index in [2.05, 4.69) is 76.2 Å². The van der Waals surface area contributed by atoms with Crippen molar-refractivity contribution in [3.05, 3.63) is 87.5 Å². The summed E-state index contributed by atoms with van der Waals surface area (Å²) < 4.78 is 1.58. The molecule has 1 heterocycles. The van der Waals surface area contributed by atoms with Crippen LogP contribution in [-0.4, -0.2) is 4.70 Å². The van der Waals surface area contributed by atoms with E-state index in [9.17, 15) is 5.53 Å². The van der Waals surface area contributed by atoms with Gasteiger partial charge in [-0.15, -0.1) is 0 Å². The number of aryl methyl sites for hydroxylation is 2. The summed E-state index contributed by atoms with van der Waals surface area (Å²) in [5.41, 5.74) is 21.9. The molecule has 0 atom stereocenters. The standard InChI is InChI=1S/C41H62N2.Ni/c1-5-9-13-16-18-21-28-39-38(27-12-8-4)40(36-31-29-34(30-32-36)23-20-17-14-10-6-2)43(42)41(39)37-26-22-25-35(33-37)24-19-15-11-7-3;/h22,25-26,29-33H,5-21,23-24,27-28H2,1-4H3;. The first-order valence-electron chi connectivity index (χ1n) is 18.3. The molecule has 1 aliphatic rings. The summed E-state index contributed by atoms with van der Waals surface area (Å²) in [4.78, 5) is 0. The van der Waals surface area contributed by atoms with E-state index in [0.29, 0.717) is 0 Å². The molecular formula is C41H62N2Ni. The van der Waals surface area contributed by atoms with Gasteiger partial charge in [0.25, 0.3) is 0 Å². The van der Waals surface area contributed by atoms with Gasteiger partial charge < -0.3 is 5.53 Å². The Hall–Kier alpha value is -1.99. The molecule has 0 saturated carbocycles. The number of unbranched alkanes of at least 4 members (excludes halogenated alkanes) is 13. The average molecular weight is 642 g/mol. The molecule has 0 amide bonds. The van der Waals surface area contributed by atoms with E-state index in [1.54, 1.807) is 4.70 Å². The maximum absolute atomic E-state index is 12.0. The first-order valence-corrected chi connectivity index (χ1v) is 18.3. The molecule has 2 aromatic carbocycles. The molecule has 246 valence electrons. The van der Waals surface area contributed by atoms with Crippen molar-refractivity contribution in [1.29, 1.82) is 0 Å². The van der Waals surface area contributed by atoms with E-state index >= 15 is 0 Å². The van der Waals surface area contributed by atoms with Crippen molar-refractivity contribution < 1.29 is 21.2 Å². The second kappa shape index (κ2) is 22.5. The largest absolute Gasteiger partial charge is 0.493 e. The maximum atomic E-state index is 12.0. The monoisotopic (exact) mass is 640 g/mol. The zero-order valence-electron chi connectivity index (χ0n) is 28.7. The van der Waals surface area contributed by atoms with Crippen LogP contribution in [-0.2, 0) is 29.3 Å². The smallest absolute Gasteiger partial charge is 0.211 e. The Morgan fingerprint density at radius 3 is 1.50 bits per heavy atom. The second-order valence-electron chi connectivity index (χ2n) is 13.0. The van der Waals surface area contributed by atoms with Gasteiger partial charge in [0.05, 0.1) is 0 Å². The molecule has 44 heavy (non-hydrogen) atoms. The quantitative estimate of drug-likeness (QED) is 0.0656. The van der Waals surface area contributed by atoms with Gasteiger partial charge in [0.1, 0.15) is 0 Å². The number of rotatable bonds is 23. The van der Waals surface area contributed by atoms with Gasteiger partial charge in [-0.05, 0) is 86.8 Å². The maximum Gasteiger partial charge on any atom is 0.211 e. The van der Waals surface area contributed by atoms with Gasteiger partial charge in [-0.1, -0.05) is 135 Å². The molecule has 0 fully saturated rings. The van der Waals surface area contributed by atoms with Crippen LogP contribution in [0.15, 0.2) is 59.7 Å². The van der Waals surface area contributed by atoms with Crippen molar-refractivity contribution >= 4 is 11.4 Å². The summed E-state index contributed by atoms with van der Waals surface area (Å²) >= 11 is 0. The minimum Gasteiger partial charge on any atom is -0.493 e. The topological polar surface area (TPSA) is 25.3 Å². The van der Waals surface area contributed by atoms with Crippen LogP contribution in [0.3, 0.4) is 0 Å². The molecule has 0 spiro atoms. The second-order valence-corrected chi connectivity index (χ2v) is 13.0. The number of allylic oxidation sites excluding steroid dienone is 2. The summed E-state index contributed by atoms with van der Waals surface area (Å²) in [6.07, 6.45) is 26.0. The molecule has 0 N–H and O–H groups in total. The van der Waals surface area contributed by atoms with Crippen LogP contribution in [0.25, 0.3) is 16.9 Å². The van der Waals surface area contributed by atoms with Crippen molar-refractivity contribution in [2.24, 2.45) is 0 Å². The summed E-state index contributed by atoms with van der Waals surface area (Å²) in [5.74, 6) is 0. The first kappa shape index (κ1) is 38.2. The van der Waals surface area contributed by atoms with Gasteiger partial charge in [0.2, 0.25) is 11.4 Å². The van der Waals surface area contributed by atoms with Gasteiger partial charge in [-0.25, -0.2) is 4.70 Å². The molecule has 0 saturated heterocycles. The van der Waals surface area contributed by atoms with Crippen LogP contribution in [0.2, 0.25) is 0 Å². The van der Waals surface area contributed by atoms with Crippen LogP contribution in [0.1, 0.15) is 172 Å². The Labute approximate surface area is 281 Å². The Morgan fingerprint density at radius 1 is 0.455 bits per heavy atom. The molecule has 3 rings (SSSR count).